The zero-order valence-corrected chi connectivity index (χ0v) is 23.3. The van der Waals surface area contributed by atoms with Gasteiger partial charge in [0.05, 0.1) is 11.9 Å². The van der Waals surface area contributed by atoms with E-state index in [4.69, 9.17) is 0 Å². The minimum Gasteiger partial charge on any atom is -0.355 e. The van der Waals surface area contributed by atoms with E-state index in [1.165, 1.54) is 4.90 Å². The maximum absolute atomic E-state index is 14.0. The number of sulfonamides is 1. The van der Waals surface area contributed by atoms with Crippen LogP contribution in [0.1, 0.15) is 18.1 Å². The Hall–Kier alpha value is -3.31. The third kappa shape index (κ3) is 7.84. The number of carbonyl (C=O) groups excluding carboxylic acids is 2. The van der Waals surface area contributed by atoms with Crippen molar-refractivity contribution in [2.75, 3.05) is 23.7 Å². The van der Waals surface area contributed by atoms with Gasteiger partial charge in [-0.25, -0.2) is 17.2 Å². The summed E-state index contributed by atoms with van der Waals surface area (Å²) >= 11 is 3.41. The lowest BCUT2D eigenvalue weighted by Crippen LogP contribution is -2.53. The molecule has 0 bridgehead atoms. The molecule has 0 aliphatic heterocycles. The lowest BCUT2D eigenvalue weighted by atomic mass is 10.0. The molecule has 0 spiro atoms. The maximum atomic E-state index is 14.0. The van der Waals surface area contributed by atoms with E-state index in [1.54, 1.807) is 25.1 Å². The summed E-state index contributed by atoms with van der Waals surface area (Å²) < 4.78 is 54.2. The van der Waals surface area contributed by atoms with Gasteiger partial charge in [-0.15, -0.1) is 0 Å². The number of nitrogens with zero attached hydrogens (tertiary/aromatic N) is 2. The Bertz CT molecular complexity index is 1390. The van der Waals surface area contributed by atoms with Crippen LogP contribution < -0.4 is 9.62 Å². The lowest BCUT2D eigenvalue weighted by Gasteiger charge is -2.33. The number of anilines is 1. The highest BCUT2D eigenvalue weighted by molar-refractivity contribution is 9.10. The summed E-state index contributed by atoms with van der Waals surface area (Å²) in [6, 6.07) is 17.9. The number of halogens is 3. The van der Waals surface area contributed by atoms with Crippen molar-refractivity contribution in [1.82, 2.24) is 10.2 Å². The van der Waals surface area contributed by atoms with E-state index in [9.17, 15) is 26.8 Å². The van der Waals surface area contributed by atoms with Gasteiger partial charge in [-0.3, -0.25) is 13.9 Å². The summed E-state index contributed by atoms with van der Waals surface area (Å²) in [5.74, 6) is -3.49. The van der Waals surface area contributed by atoms with Crippen molar-refractivity contribution in [3.63, 3.8) is 0 Å². The van der Waals surface area contributed by atoms with Gasteiger partial charge in [0.1, 0.15) is 12.6 Å². The average Bonchev–Trinajstić information content (AvgIpc) is 2.86. The van der Waals surface area contributed by atoms with Gasteiger partial charge in [-0.2, -0.15) is 0 Å². The van der Waals surface area contributed by atoms with Gasteiger partial charge < -0.3 is 10.2 Å². The van der Waals surface area contributed by atoms with Gasteiger partial charge in [0.15, 0.2) is 11.6 Å². The van der Waals surface area contributed by atoms with Crippen LogP contribution in [0.2, 0.25) is 0 Å². The summed E-state index contributed by atoms with van der Waals surface area (Å²) in [7, 11) is -4.08. The van der Waals surface area contributed by atoms with Crippen LogP contribution in [0.4, 0.5) is 14.5 Å². The Balaban J connectivity index is 2.05. The van der Waals surface area contributed by atoms with Crippen molar-refractivity contribution < 1.29 is 26.8 Å². The molecule has 202 valence electrons. The van der Waals surface area contributed by atoms with Crippen molar-refractivity contribution in [2.24, 2.45) is 0 Å². The SMILES string of the molecule is CCNC(=O)C(Cc1ccccc1)N(Cc1cccc(Br)c1)C(=O)CN(c1ccc(F)c(F)c1)S(C)(=O)=O. The molecule has 1 atom stereocenters. The Morgan fingerprint density at radius 1 is 0.947 bits per heavy atom. The molecule has 3 aromatic carbocycles. The smallest absolute Gasteiger partial charge is 0.244 e. The second-order valence-corrected chi connectivity index (χ2v) is 11.4. The largest absolute Gasteiger partial charge is 0.355 e. The van der Waals surface area contributed by atoms with Gasteiger partial charge in [0, 0.05) is 30.0 Å². The van der Waals surface area contributed by atoms with E-state index in [2.05, 4.69) is 21.2 Å². The molecule has 0 aliphatic rings. The number of amides is 2. The Kier molecular flexibility index (Phi) is 9.98. The van der Waals surface area contributed by atoms with Gasteiger partial charge in [-0.05, 0) is 42.3 Å². The number of hydrogen-bond donors (Lipinski definition) is 1. The fourth-order valence-corrected chi connectivity index (χ4v) is 5.22. The van der Waals surface area contributed by atoms with Crippen LogP contribution in [-0.4, -0.2) is 50.5 Å². The topological polar surface area (TPSA) is 86.8 Å². The van der Waals surface area contributed by atoms with Crippen molar-refractivity contribution >= 4 is 43.5 Å². The Labute approximate surface area is 229 Å². The molecule has 11 heteroatoms. The van der Waals surface area contributed by atoms with Crippen LogP contribution in [-0.2, 0) is 32.6 Å². The zero-order valence-electron chi connectivity index (χ0n) is 20.9. The number of benzene rings is 3. The van der Waals surface area contributed by atoms with Gasteiger partial charge in [-0.1, -0.05) is 58.4 Å². The van der Waals surface area contributed by atoms with Gasteiger partial charge in [0.25, 0.3) is 0 Å². The second kappa shape index (κ2) is 13.0. The first-order chi connectivity index (χ1) is 18.0. The minimum absolute atomic E-state index is 0.00227. The summed E-state index contributed by atoms with van der Waals surface area (Å²) in [5.41, 5.74) is 1.30. The van der Waals surface area contributed by atoms with E-state index < -0.39 is 46.1 Å². The molecule has 0 fully saturated rings. The van der Waals surface area contributed by atoms with Crippen LogP contribution >= 0.6 is 15.9 Å². The standard InChI is InChI=1S/C27H28BrF2N3O4S/c1-3-31-27(35)25(15-19-8-5-4-6-9-19)32(17-20-10-7-11-21(28)14-20)26(34)18-33(38(2,36)37)22-12-13-23(29)24(30)16-22/h4-14,16,25H,3,15,17-18H2,1-2H3,(H,31,35). The second-order valence-electron chi connectivity index (χ2n) is 8.62. The molecule has 2 amide bonds. The third-order valence-electron chi connectivity index (χ3n) is 5.73. The molecule has 7 nitrogen and oxygen atoms in total. The maximum Gasteiger partial charge on any atom is 0.244 e. The fraction of sp³-hybridized carbons (Fsp3) is 0.259. The van der Waals surface area contributed by atoms with E-state index in [1.807, 2.05) is 36.4 Å². The zero-order chi connectivity index (χ0) is 27.9. The van der Waals surface area contributed by atoms with Crippen LogP contribution in [0, 0.1) is 11.6 Å². The summed E-state index contributed by atoms with van der Waals surface area (Å²) in [4.78, 5) is 28.4. The van der Waals surface area contributed by atoms with E-state index in [0.29, 0.717) is 22.5 Å². The molecule has 0 radical (unpaired) electrons. The Morgan fingerprint density at radius 2 is 1.63 bits per heavy atom. The summed E-state index contributed by atoms with van der Waals surface area (Å²) in [6.45, 7) is 1.37. The van der Waals surface area contributed by atoms with Crippen molar-refractivity contribution in [3.05, 3.63) is 100 Å². The predicted molar refractivity (Wildman–Crippen MR) is 146 cm³/mol. The molecule has 0 saturated heterocycles. The summed E-state index contributed by atoms with van der Waals surface area (Å²) in [5, 5.41) is 2.76. The first-order valence-electron chi connectivity index (χ1n) is 11.8. The van der Waals surface area contributed by atoms with Crippen molar-refractivity contribution in [1.29, 1.82) is 0 Å². The van der Waals surface area contributed by atoms with E-state index in [0.717, 1.165) is 28.4 Å². The molecule has 3 aromatic rings. The first-order valence-corrected chi connectivity index (χ1v) is 14.4. The fourth-order valence-electron chi connectivity index (χ4n) is 3.93. The molecule has 3 rings (SSSR count). The number of likely N-dealkylation sites (N-methyl/N-ethyl adjacent to an activating group) is 1. The van der Waals surface area contributed by atoms with Crippen LogP contribution in [0.5, 0.6) is 0 Å². The predicted octanol–water partition coefficient (Wildman–Crippen LogP) is 4.27. The molecule has 1 N–H and O–H groups in total. The Morgan fingerprint density at radius 3 is 2.24 bits per heavy atom. The van der Waals surface area contributed by atoms with Crippen molar-refractivity contribution in [3.8, 4) is 0 Å². The van der Waals surface area contributed by atoms with Crippen molar-refractivity contribution in [2.45, 2.75) is 25.9 Å². The number of rotatable bonds is 11. The van der Waals surface area contributed by atoms with Crippen LogP contribution in [0.15, 0.2) is 77.3 Å². The van der Waals surface area contributed by atoms with Crippen LogP contribution in [0.3, 0.4) is 0 Å². The normalized spacial score (nSPS) is 12.0. The molecule has 0 saturated carbocycles. The lowest BCUT2D eigenvalue weighted by molar-refractivity contribution is -0.140. The molecule has 38 heavy (non-hydrogen) atoms. The average molecular weight is 609 g/mol. The highest BCUT2D eigenvalue weighted by atomic mass is 79.9. The van der Waals surface area contributed by atoms with Gasteiger partial charge in [0.2, 0.25) is 21.8 Å². The molecular formula is C27H28BrF2N3O4S. The highest BCUT2D eigenvalue weighted by Crippen LogP contribution is 2.23. The third-order valence-corrected chi connectivity index (χ3v) is 7.37. The quantitative estimate of drug-likeness (QED) is 0.353. The number of hydrogen-bond acceptors (Lipinski definition) is 4. The van der Waals surface area contributed by atoms with E-state index >= 15 is 0 Å². The monoisotopic (exact) mass is 607 g/mol. The van der Waals surface area contributed by atoms with Crippen LogP contribution in [0.25, 0.3) is 0 Å². The summed E-state index contributed by atoms with van der Waals surface area (Å²) in [6.07, 6.45) is 1.04. The molecule has 0 aromatic heterocycles. The minimum atomic E-state index is -4.08. The first kappa shape index (κ1) is 29.2. The molecule has 0 heterocycles. The highest BCUT2D eigenvalue weighted by Gasteiger charge is 2.33. The van der Waals surface area contributed by atoms with Gasteiger partial charge >= 0.3 is 0 Å². The molecule has 0 aliphatic carbocycles. The molecular weight excluding hydrogens is 580 g/mol. The van der Waals surface area contributed by atoms with E-state index in [-0.39, 0.29) is 18.7 Å². The molecule has 1 unspecified atom stereocenters. The number of carbonyl (C=O) groups is 2. The number of nitrogens with one attached hydrogen (secondary N) is 1.